The Hall–Kier alpha value is -2.95. The van der Waals surface area contributed by atoms with Crippen LogP contribution < -0.4 is 0 Å². The summed E-state index contributed by atoms with van der Waals surface area (Å²) in [4.78, 5) is 26.2. The molecule has 0 saturated carbocycles. The van der Waals surface area contributed by atoms with Crippen molar-refractivity contribution in [3.63, 3.8) is 0 Å². The molecule has 0 spiro atoms. The molecule has 126 valence electrons. The van der Waals surface area contributed by atoms with Gasteiger partial charge in [0.1, 0.15) is 11.6 Å². The number of carbonyl (C=O) groups excluding carboxylic acids is 2. The molecule has 0 radical (unpaired) electrons. The minimum atomic E-state index is -0.565. The summed E-state index contributed by atoms with van der Waals surface area (Å²) in [7, 11) is 0. The van der Waals surface area contributed by atoms with Crippen LogP contribution in [0.25, 0.3) is 11.8 Å². The number of fused-ring (bicyclic) bond motifs is 1. The first kappa shape index (κ1) is 15.6. The van der Waals surface area contributed by atoms with Crippen molar-refractivity contribution < 1.29 is 18.7 Å². The Morgan fingerprint density at radius 3 is 2.68 bits per heavy atom. The number of hydrogen-bond donors (Lipinski definition) is 0. The Morgan fingerprint density at radius 2 is 1.88 bits per heavy atom. The largest absolute Gasteiger partial charge is 0.422 e. The van der Waals surface area contributed by atoms with Gasteiger partial charge in [0.05, 0.1) is 11.1 Å². The van der Waals surface area contributed by atoms with Crippen molar-refractivity contribution in [1.29, 1.82) is 0 Å². The van der Waals surface area contributed by atoms with Crippen molar-refractivity contribution in [1.82, 2.24) is 4.90 Å². The molecule has 0 atom stereocenters. The number of hydrogen-bond acceptors (Lipinski definition) is 3. The second-order valence-corrected chi connectivity index (χ2v) is 6.19. The van der Waals surface area contributed by atoms with Crippen LogP contribution in [0.15, 0.2) is 42.5 Å². The smallest absolute Gasteiger partial charge is 0.344 e. The number of esters is 1. The first-order valence-electron chi connectivity index (χ1n) is 8.25. The van der Waals surface area contributed by atoms with Crippen LogP contribution >= 0.6 is 0 Å². The van der Waals surface area contributed by atoms with Gasteiger partial charge in [-0.05, 0) is 48.7 Å². The van der Waals surface area contributed by atoms with Gasteiger partial charge in [-0.2, -0.15) is 0 Å². The zero-order valence-electron chi connectivity index (χ0n) is 13.5. The molecule has 4 rings (SSSR count). The topological polar surface area (TPSA) is 46.6 Å². The van der Waals surface area contributed by atoms with E-state index in [2.05, 4.69) is 0 Å². The fourth-order valence-corrected chi connectivity index (χ4v) is 3.27. The fraction of sp³-hybridized carbons (Fsp3) is 0.200. The van der Waals surface area contributed by atoms with E-state index in [9.17, 15) is 14.0 Å². The molecule has 1 fully saturated rings. The number of halogens is 1. The monoisotopic (exact) mass is 337 g/mol. The van der Waals surface area contributed by atoms with Gasteiger partial charge in [0.25, 0.3) is 5.91 Å². The van der Waals surface area contributed by atoms with E-state index in [1.807, 2.05) is 4.90 Å². The molecular weight excluding hydrogens is 321 g/mol. The summed E-state index contributed by atoms with van der Waals surface area (Å²) in [5.41, 5.74) is 1.65. The van der Waals surface area contributed by atoms with Crippen molar-refractivity contribution in [3.05, 3.63) is 70.5 Å². The molecule has 4 nitrogen and oxygen atoms in total. The molecule has 2 aliphatic heterocycles. The molecule has 0 unspecified atom stereocenters. The van der Waals surface area contributed by atoms with Crippen molar-refractivity contribution in [2.45, 2.75) is 12.8 Å². The molecule has 0 aliphatic carbocycles. The highest BCUT2D eigenvalue weighted by molar-refractivity contribution is 6.06. The van der Waals surface area contributed by atoms with E-state index in [1.54, 1.807) is 30.3 Å². The van der Waals surface area contributed by atoms with Crippen LogP contribution in [0.4, 0.5) is 4.39 Å². The average Bonchev–Trinajstić information content (AvgIpc) is 3.24. The fourth-order valence-electron chi connectivity index (χ4n) is 3.27. The summed E-state index contributed by atoms with van der Waals surface area (Å²) in [6.45, 7) is 1.56. The molecule has 2 aromatic carbocycles. The molecule has 0 bridgehead atoms. The first-order valence-corrected chi connectivity index (χ1v) is 8.25. The summed E-state index contributed by atoms with van der Waals surface area (Å²) in [5.74, 6) is -0.902. The highest BCUT2D eigenvalue weighted by atomic mass is 19.1. The molecule has 2 aliphatic rings. The molecular formula is C20H16FNO3. The molecule has 1 saturated heterocycles. The van der Waals surface area contributed by atoms with Gasteiger partial charge in [-0.15, -0.1) is 0 Å². The third-order valence-electron chi connectivity index (χ3n) is 4.51. The first-order chi connectivity index (χ1) is 12.1. The molecule has 0 aromatic heterocycles. The van der Waals surface area contributed by atoms with E-state index in [1.165, 1.54) is 18.2 Å². The zero-order chi connectivity index (χ0) is 17.4. The van der Waals surface area contributed by atoms with Crippen LogP contribution in [0.1, 0.15) is 44.7 Å². The minimum absolute atomic E-state index is 0.00672. The Kier molecular flexibility index (Phi) is 3.84. The SMILES string of the molecule is O=C1OC(=Cc2cccc(C(=O)N3CCCC3)c2)c2c(F)cccc21. The normalized spacial score (nSPS) is 17.7. The van der Waals surface area contributed by atoms with Crippen molar-refractivity contribution in [2.75, 3.05) is 13.1 Å². The number of likely N-dealkylation sites (tertiary alicyclic amines) is 1. The average molecular weight is 337 g/mol. The third-order valence-corrected chi connectivity index (χ3v) is 4.51. The predicted octanol–water partition coefficient (Wildman–Crippen LogP) is 3.73. The summed E-state index contributed by atoms with van der Waals surface area (Å²) in [6, 6.07) is 11.4. The van der Waals surface area contributed by atoms with Gasteiger partial charge >= 0.3 is 5.97 Å². The van der Waals surface area contributed by atoms with E-state index in [0.717, 1.165) is 25.9 Å². The lowest BCUT2D eigenvalue weighted by molar-refractivity contribution is 0.0716. The third kappa shape index (κ3) is 2.82. The Balaban J connectivity index is 1.68. The quantitative estimate of drug-likeness (QED) is 0.785. The van der Waals surface area contributed by atoms with Gasteiger partial charge in [0.2, 0.25) is 0 Å². The maximum absolute atomic E-state index is 14.1. The summed E-state index contributed by atoms with van der Waals surface area (Å²) in [6.07, 6.45) is 3.65. The number of amides is 1. The lowest BCUT2D eigenvalue weighted by Gasteiger charge is -2.15. The molecule has 25 heavy (non-hydrogen) atoms. The van der Waals surface area contributed by atoms with Crippen molar-refractivity contribution >= 4 is 23.7 Å². The summed E-state index contributed by atoms with van der Waals surface area (Å²) >= 11 is 0. The van der Waals surface area contributed by atoms with E-state index < -0.39 is 11.8 Å². The van der Waals surface area contributed by atoms with Crippen LogP contribution in [0.5, 0.6) is 0 Å². The van der Waals surface area contributed by atoms with Crippen LogP contribution in [-0.2, 0) is 4.74 Å². The molecule has 1 amide bonds. The number of carbonyl (C=O) groups is 2. The van der Waals surface area contributed by atoms with Gasteiger partial charge in [-0.1, -0.05) is 18.2 Å². The van der Waals surface area contributed by atoms with Crippen molar-refractivity contribution in [2.24, 2.45) is 0 Å². The van der Waals surface area contributed by atoms with E-state index in [-0.39, 0.29) is 22.8 Å². The van der Waals surface area contributed by atoms with Crippen molar-refractivity contribution in [3.8, 4) is 0 Å². The van der Waals surface area contributed by atoms with Crippen LogP contribution in [0.2, 0.25) is 0 Å². The van der Waals surface area contributed by atoms with E-state index in [4.69, 9.17) is 4.74 Å². The van der Waals surface area contributed by atoms with Crippen LogP contribution in [0.3, 0.4) is 0 Å². The molecule has 2 aromatic rings. The van der Waals surface area contributed by atoms with Gasteiger partial charge in [-0.3, -0.25) is 4.79 Å². The van der Waals surface area contributed by atoms with Gasteiger partial charge in [0.15, 0.2) is 0 Å². The predicted molar refractivity (Wildman–Crippen MR) is 91.3 cm³/mol. The maximum atomic E-state index is 14.1. The lowest BCUT2D eigenvalue weighted by Crippen LogP contribution is -2.27. The van der Waals surface area contributed by atoms with Crippen LogP contribution in [0, 0.1) is 5.82 Å². The highest BCUT2D eigenvalue weighted by Crippen LogP contribution is 2.33. The van der Waals surface area contributed by atoms with Gasteiger partial charge < -0.3 is 9.64 Å². The Morgan fingerprint density at radius 1 is 1.12 bits per heavy atom. The van der Waals surface area contributed by atoms with Gasteiger partial charge in [-0.25, -0.2) is 9.18 Å². The zero-order valence-corrected chi connectivity index (χ0v) is 13.5. The summed E-state index contributed by atoms with van der Waals surface area (Å²) < 4.78 is 19.3. The van der Waals surface area contributed by atoms with E-state index >= 15 is 0 Å². The Bertz CT molecular complexity index is 898. The molecule has 0 N–H and O–H groups in total. The number of cyclic esters (lactones) is 1. The number of rotatable bonds is 2. The molecule has 2 heterocycles. The van der Waals surface area contributed by atoms with E-state index in [0.29, 0.717) is 11.1 Å². The number of benzene rings is 2. The molecule has 5 heteroatoms. The second-order valence-electron chi connectivity index (χ2n) is 6.19. The maximum Gasteiger partial charge on any atom is 0.344 e. The highest BCUT2D eigenvalue weighted by Gasteiger charge is 2.29. The second kappa shape index (κ2) is 6.16. The summed E-state index contributed by atoms with van der Waals surface area (Å²) in [5, 5.41) is 0. The number of nitrogens with zero attached hydrogens (tertiary/aromatic N) is 1. The number of ether oxygens (including phenoxy) is 1. The lowest BCUT2D eigenvalue weighted by atomic mass is 10.0. The Labute approximate surface area is 144 Å². The minimum Gasteiger partial charge on any atom is -0.422 e. The van der Waals surface area contributed by atoms with Crippen LogP contribution in [-0.4, -0.2) is 29.9 Å². The van der Waals surface area contributed by atoms with Gasteiger partial charge in [0, 0.05) is 18.7 Å². The standard InChI is InChI=1S/C20H16FNO3/c21-16-8-4-7-15-18(16)17(25-20(15)24)12-13-5-3-6-14(11-13)19(23)22-9-1-2-10-22/h3-8,11-12H,1-2,9-10H2.